The lowest BCUT2D eigenvalue weighted by molar-refractivity contribution is -0.149. The van der Waals surface area contributed by atoms with Crippen LogP contribution in [0.1, 0.15) is 25.5 Å². The number of hydrogen-bond acceptors (Lipinski definition) is 3. The number of ether oxygens (including phenoxy) is 1. The zero-order valence-corrected chi connectivity index (χ0v) is 14.0. The van der Waals surface area contributed by atoms with Gasteiger partial charge in [-0.15, -0.1) is 6.58 Å². The van der Waals surface area contributed by atoms with Gasteiger partial charge in [0.1, 0.15) is 5.92 Å². The summed E-state index contributed by atoms with van der Waals surface area (Å²) in [5.41, 5.74) is 1.05. The van der Waals surface area contributed by atoms with Crippen molar-refractivity contribution in [3.8, 4) is 0 Å². The van der Waals surface area contributed by atoms with E-state index in [1.165, 1.54) is 7.11 Å². The van der Waals surface area contributed by atoms with Crippen LogP contribution in [-0.4, -0.2) is 43.1 Å². The van der Waals surface area contributed by atoms with Crippen LogP contribution in [0.3, 0.4) is 0 Å². The standard InChI is InChI=1S/C18H25N3O2/c1-5-12-19-18-20-16(14-10-8-7-9-11-14)15(17(22)23-4)13(3)21(18)6-2/h5,7-11,13,15-16H,1,6,12H2,2-4H3,(H,19,20)/t13-,15-,16+/m1/s1. The van der Waals surface area contributed by atoms with Crippen LogP contribution in [0.5, 0.6) is 0 Å². The molecule has 0 aliphatic carbocycles. The molecule has 1 N–H and O–H groups in total. The van der Waals surface area contributed by atoms with Crippen molar-refractivity contribution in [1.82, 2.24) is 10.2 Å². The van der Waals surface area contributed by atoms with Crippen molar-refractivity contribution in [3.05, 3.63) is 48.6 Å². The Bertz CT molecular complexity index is 571. The number of benzene rings is 1. The van der Waals surface area contributed by atoms with Crippen LogP contribution in [0, 0.1) is 5.92 Å². The van der Waals surface area contributed by atoms with Gasteiger partial charge in [0.2, 0.25) is 0 Å². The van der Waals surface area contributed by atoms with Gasteiger partial charge in [-0.05, 0) is 19.4 Å². The topological polar surface area (TPSA) is 53.9 Å². The Morgan fingerprint density at radius 2 is 2.13 bits per heavy atom. The second-order valence-corrected chi connectivity index (χ2v) is 5.56. The number of nitrogens with zero attached hydrogens (tertiary/aromatic N) is 2. The molecule has 0 spiro atoms. The molecular weight excluding hydrogens is 290 g/mol. The van der Waals surface area contributed by atoms with Crippen molar-refractivity contribution in [3.63, 3.8) is 0 Å². The van der Waals surface area contributed by atoms with Crippen LogP contribution in [-0.2, 0) is 9.53 Å². The zero-order valence-electron chi connectivity index (χ0n) is 14.0. The maximum atomic E-state index is 12.4. The molecule has 0 amide bonds. The van der Waals surface area contributed by atoms with Gasteiger partial charge in [-0.1, -0.05) is 36.4 Å². The average molecular weight is 315 g/mol. The molecule has 1 aliphatic rings. The van der Waals surface area contributed by atoms with E-state index in [1.807, 2.05) is 37.3 Å². The van der Waals surface area contributed by atoms with Gasteiger partial charge in [0.15, 0.2) is 5.96 Å². The van der Waals surface area contributed by atoms with E-state index in [0.29, 0.717) is 6.54 Å². The molecule has 3 atom stereocenters. The Morgan fingerprint density at radius 1 is 1.43 bits per heavy atom. The molecule has 5 heteroatoms. The Balaban J connectivity index is 2.43. The minimum atomic E-state index is -0.301. The minimum Gasteiger partial charge on any atom is -0.469 e. The van der Waals surface area contributed by atoms with Crippen molar-refractivity contribution >= 4 is 11.9 Å². The fraction of sp³-hybridized carbons (Fsp3) is 0.444. The normalized spacial score (nSPS) is 25.8. The summed E-state index contributed by atoms with van der Waals surface area (Å²) < 4.78 is 5.06. The van der Waals surface area contributed by atoms with E-state index in [-0.39, 0.29) is 24.0 Å². The predicted molar refractivity (Wildman–Crippen MR) is 92.2 cm³/mol. The highest BCUT2D eigenvalue weighted by atomic mass is 16.5. The lowest BCUT2D eigenvalue weighted by Crippen LogP contribution is -2.60. The van der Waals surface area contributed by atoms with Gasteiger partial charge in [0.05, 0.1) is 19.7 Å². The molecule has 23 heavy (non-hydrogen) atoms. The maximum Gasteiger partial charge on any atom is 0.313 e. The van der Waals surface area contributed by atoms with Gasteiger partial charge in [-0.2, -0.15) is 0 Å². The number of rotatable bonds is 5. The third-order valence-electron chi connectivity index (χ3n) is 4.27. The first kappa shape index (κ1) is 17.1. The lowest BCUT2D eigenvalue weighted by atomic mass is 9.85. The predicted octanol–water partition coefficient (Wildman–Crippen LogP) is 2.37. The molecule has 1 fully saturated rings. The minimum absolute atomic E-state index is 0.0116. The Hall–Kier alpha value is -2.30. The number of nitrogens with one attached hydrogen (secondary N) is 1. The van der Waals surface area contributed by atoms with E-state index in [0.717, 1.165) is 18.1 Å². The molecule has 0 radical (unpaired) electrons. The van der Waals surface area contributed by atoms with Crippen LogP contribution in [0.15, 0.2) is 48.0 Å². The molecule has 0 bridgehead atoms. The third kappa shape index (κ3) is 3.55. The van der Waals surface area contributed by atoms with Gasteiger partial charge in [0, 0.05) is 12.6 Å². The summed E-state index contributed by atoms with van der Waals surface area (Å²) in [7, 11) is 1.44. The molecule has 1 aromatic carbocycles. The first-order valence-corrected chi connectivity index (χ1v) is 7.95. The molecule has 1 heterocycles. The number of hydrogen-bond donors (Lipinski definition) is 1. The molecule has 124 valence electrons. The molecule has 0 aromatic heterocycles. The SMILES string of the molecule is C=CCN=C1N[C@@H](c2ccccc2)[C@H](C(=O)OC)[C@@H](C)N1CC. The van der Waals surface area contributed by atoms with E-state index >= 15 is 0 Å². The molecule has 5 nitrogen and oxygen atoms in total. The molecule has 0 unspecified atom stereocenters. The molecular formula is C18H25N3O2. The number of guanidine groups is 1. The first-order valence-electron chi connectivity index (χ1n) is 7.95. The highest BCUT2D eigenvalue weighted by Gasteiger charge is 2.43. The van der Waals surface area contributed by atoms with Crippen LogP contribution in [0.4, 0.5) is 0 Å². The van der Waals surface area contributed by atoms with Crippen LogP contribution in [0.2, 0.25) is 0 Å². The molecule has 1 aromatic rings. The quantitative estimate of drug-likeness (QED) is 0.669. The zero-order chi connectivity index (χ0) is 16.8. The van der Waals surface area contributed by atoms with Gasteiger partial charge < -0.3 is 15.0 Å². The summed E-state index contributed by atoms with van der Waals surface area (Å²) in [6.07, 6.45) is 1.76. The third-order valence-corrected chi connectivity index (χ3v) is 4.27. The summed E-state index contributed by atoms with van der Waals surface area (Å²) >= 11 is 0. The fourth-order valence-electron chi connectivity index (χ4n) is 3.12. The number of esters is 1. The van der Waals surface area contributed by atoms with Crippen LogP contribution < -0.4 is 5.32 Å². The van der Waals surface area contributed by atoms with E-state index in [1.54, 1.807) is 6.08 Å². The Morgan fingerprint density at radius 3 is 2.70 bits per heavy atom. The van der Waals surface area contributed by atoms with Crippen molar-refractivity contribution in [2.24, 2.45) is 10.9 Å². The van der Waals surface area contributed by atoms with E-state index < -0.39 is 0 Å². The van der Waals surface area contributed by atoms with Gasteiger partial charge in [-0.3, -0.25) is 4.79 Å². The van der Waals surface area contributed by atoms with Gasteiger partial charge in [0.25, 0.3) is 0 Å². The second-order valence-electron chi connectivity index (χ2n) is 5.56. The van der Waals surface area contributed by atoms with Crippen LogP contribution >= 0.6 is 0 Å². The number of carbonyl (C=O) groups is 1. The number of methoxy groups -OCH3 is 1. The summed E-state index contributed by atoms with van der Waals surface area (Å²) in [6.45, 7) is 9.12. The number of carbonyl (C=O) groups excluding carboxylic acids is 1. The average Bonchev–Trinajstić information content (AvgIpc) is 2.59. The van der Waals surface area contributed by atoms with Gasteiger partial charge >= 0.3 is 5.97 Å². The molecule has 1 saturated heterocycles. The lowest BCUT2D eigenvalue weighted by Gasteiger charge is -2.45. The molecule has 2 rings (SSSR count). The van der Waals surface area contributed by atoms with Crippen molar-refractivity contribution < 1.29 is 9.53 Å². The largest absolute Gasteiger partial charge is 0.469 e. The Labute approximate surface area is 138 Å². The highest BCUT2D eigenvalue weighted by Crippen LogP contribution is 2.32. The molecule has 0 saturated carbocycles. The van der Waals surface area contributed by atoms with Gasteiger partial charge in [-0.25, -0.2) is 4.99 Å². The van der Waals surface area contributed by atoms with Crippen molar-refractivity contribution in [2.75, 3.05) is 20.2 Å². The van der Waals surface area contributed by atoms with Crippen LogP contribution in [0.25, 0.3) is 0 Å². The Kier molecular flexibility index (Phi) is 5.79. The van der Waals surface area contributed by atoms with E-state index in [2.05, 4.69) is 28.7 Å². The summed E-state index contributed by atoms with van der Waals surface area (Å²) in [5, 5.41) is 3.43. The van der Waals surface area contributed by atoms with Crippen molar-refractivity contribution in [1.29, 1.82) is 0 Å². The highest BCUT2D eigenvalue weighted by molar-refractivity contribution is 5.85. The summed E-state index contributed by atoms with van der Waals surface area (Å²) in [6, 6.07) is 9.78. The number of aliphatic imine (C=N–C) groups is 1. The monoisotopic (exact) mass is 315 g/mol. The van der Waals surface area contributed by atoms with E-state index in [9.17, 15) is 4.79 Å². The van der Waals surface area contributed by atoms with E-state index in [4.69, 9.17) is 4.74 Å². The fourth-order valence-corrected chi connectivity index (χ4v) is 3.12. The summed E-state index contributed by atoms with van der Waals surface area (Å²) in [4.78, 5) is 19.1. The summed E-state index contributed by atoms with van der Waals surface area (Å²) in [5.74, 6) is 0.291. The molecule has 1 aliphatic heterocycles. The second kappa shape index (κ2) is 7.81. The first-order chi connectivity index (χ1) is 11.1. The van der Waals surface area contributed by atoms with Crippen molar-refractivity contribution in [2.45, 2.75) is 25.9 Å². The maximum absolute atomic E-state index is 12.4. The smallest absolute Gasteiger partial charge is 0.313 e.